The molecule has 0 saturated heterocycles. The summed E-state index contributed by atoms with van der Waals surface area (Å²) in [6.07, 6.45) is 1.98. The maximum Gasteiger partial charge on any atom is 0.151 e. The molecule has 0 aromatic carbocycles. The Bertz CT molecular complexity index is 64.0. The molecule has 0 aliphatic heterocycles. The van der Waals surface area contributed by atoms with Crippen LogP contribution in [0, 0.1) is 5.41 Å². The number of nitrogens with two attached hydrogens (primary N) is 1. The molecule has 0 bridgehead atoms. The van der Waals surface area contributed by atoms with Crippen LogP contribution in [-0.2, 0) is 0 Å². The lowest BCUT2D eigenvalue weighted by Crippen LogP contribution is -2.02. The fourth-order valence-corrected chi connectivity index (χ4v) is 1.10. The van der Waals surface area contributed by atoms with Crippen LogP contribution in [0.15, 0.2) is 0 Å². The highest BCUT2D eigenvalue weighted by Crippen LogP contribution is 2.05. The molecule has 0 aliphatic rings. The van der Waals surface area contributed by atoms with Crippen molar-refractivity contribution in [1.29, 1.82) is 5.41 Å². The lowest BCUT2D eigenvalue weighted by Gasteiger charge is -1.90. The van der Waals surface area contributed by atoms with Gasteiger partial charge in [0, 0.05) is 5.08 Å². The minimum Gasteiger partial charge on any atom is -0.379 e. The first-order valence-electron chi connectivity index (χ1n) is 1.73. The average Bonchev–Trinajstić information content (AvgIpc) is 1.61. The molecule has 4 heteroatoms. The summed E-state index contributed by atoms with van der Waals surface area (Å²) in [5.41, 5.74) is 5.01. The summed E-state index contributed by atoms with van der Waals surface area (Å²) in [6, 6.07) is 0. The molecule has 0 saturated carbocycles. The van der Waals surface area contributed by atoms with Crippen molar-refractivity contribution in [3.8, 4) is 0 Å². The van der Waals surface area contributed by atoms with Gasteiger partial charge in [-0.15, -0.1) is 0 Å². The molecule has 3 N–H and O–H groups in total. The van der Waals surface area contributed by atoms with Gasteiger partial charge in [0.1, 0.15) is 0 Å². The number of rotatable bonds is 2. The fourth-order valence-electron chi connectivity index (χ4n) is 0.122. The third-order valence-electron chi connectivity index (χ3n) is 0.332. The first-order chi connectivity index (χ1) is 3.27. The number of hydrogen-bond acceptors (Lipinski definition) is 3. The van der Waals surface area contributed by atoms with Gasteiger partial charge in [0.15, 0.2) is 5.17 Å². The molecule has 7 heavy (non-hydrogen) atoms. The molecule has 0 unspecified atom stereocenters. The second-order valence-corrected chi connectivity index (χ2v) is 3.16. The van der Waals surface area contributed by atoms with Crippen LogP contribution in [0.4, 0.5) is 0 Å². The van der Waals surface area contributed by atoms with Crippen molar-refractivity contribution in [2.75, 3.05) is 11.3 Å². The summed E-state index contributed by atoms with van der Waals surface area (Å²) in [5, 5.41) is 7.81. The Hall–Kier alpha value is 0.170. The summed E-state index contributed by atoms with van der Waals surface area (Å²) in [5.74, 6) is 0. The van der Waals surface area contributed by atoms with E-state index in [4.69, 9.17) is 11.1 Å². The number of hydrogen-bond donors (Lipinski definition) is 2. The van der Waals surface area contributed by atoms with Crippen LogP contribution in [0.1, 0.15) is 0 Å². The van der Waals surface area contributed by atoms with E-state index in [1.807, 2.05) is 6.26 Å². The molecule has 0 rings (SSSR count). The van der Waals surface area contributed by atoms with Gasteiger partial charge in [0.05, 0.1) is 0 Å². The zero-order valence-electron chi connectivity index (χ0n) is 4.10. The van der Waals surface area contributed by atoms with Crippen LogP contribution < -0.4 is 5.73 Å². The molecule has 42 valence electrons. The van der Waals surface area contributed by atoms with Crippen LogP contribution in [-0.4, -0.2) is 16.5 Å². The zero-order valence-corrected chi connectivity index (χ0v) is 5.73. The number of amidine groups is 1. The highest BCUT2D eigenvalue weighted by molar-refractivity contribution is 8.23. The van der Waals surface area contributed by atoms with E-state index in [-0.39, 0.29) is 5.17 Å². The van der Waals surface area contributed by atoms with E-state index in [9.17, 15) is 0 Å². The van der Waals surface area contributed by atoms with Gasteiger partial charge in [-0.1, -0.05) is 11.8 Å². The van der Waals surface area contributed by atoms with E-state index in [1.54, 1.807) is 11.8 Å². The first-order valence-corrected chi connectivity index (χ1v) is 4.11. The highest BCUT2D eigenvalue weighted by Gasteiger charge is 1.84. The summed E-state index contributed by atoms with van der Waals surface area (Å²) < 4.78 is 0. The Labute approximate surface area is 51.7 Å². The van der Waals surface area contributed by atoms with E-state index in [0.29, 0.717) is 0 Å². The molecule has 0 heterocycles. The molecule has 0 atom stereocenters. The summed E-state index contributed by atoms with van der Waals surface area (Å²) >= 11 is 3.03. The van der Waals surface area contributed by atoms with Gasteiger partial charge in [0.25, 0.3) is 0 Å². The third kappa shape index (κ3) is 6.17. The first kappa shape index (κ1) is 7.17. The normalized spacial score (nSPS) is 8.71. The molecule has 0 fully saturated rings. The molecule has 0 spiro atoms. The van der Waals surface area contributed by atoms with Crippen LogP contribution in [0.25, 0.3) is 0 Å². The second kappa shape index (κ2) is 4.33. The zero-order chi connectivity index (χ0) is 5.70. The lowest BCUT2D eigenvalue weighted by molar-refractivity contribution is 1.51. The predicted molar refractivity (Wildman–Crippen MR) is 37.9 cm³/mol. The van der Waals surface area contributed by atoms with Crippen molar-refractivity contribution in [2.24, 2.45) is 5.73 Å². The Morgan fingerprint density at radius 3 is 2.57 bits per heavy atom. The van der Waals surface area contributed by atoms with Crippen molar-refractivity contribution in [1.82, 2.24) is 0 Å². The van der Waals surface area contributed by atoms with Crippen LogP contribution in [0.2, 0.25) is 0 Å². The molecule has 2 nitrogen and oxygen atoms in total. The van der Waals surface area contributed by atoms with Gasteiger partial charge < -0.3 is 5.73 Å². The number of nitrogens with one attached hydrogen (secondary N) is 1. The van der Waals surface area contributed by atoms with Crippen LogP contribution >= 0.6 is 23.5 Å². The second-order valence-electron chi connectivity index (χ2n) is 0.915. The van der Waals surface area contributed by atoms with Gasteiger partial charge in [-0.25, -0.2) is 0 Å². The van der Waals surface area contributed by atoms with Crippen LogP contribution in [0.5, 0.6) is 0 Å². The largest absolute Gasteiger partial charge is 0.379 e. The van der Waals surface area contributed by atoms with Crippen LogP contribution in [0.3, 0.4) is 0 Å². The Morgan fingerprint density at radius 2 is 2.43 bits per heavy atom. The Balaban J connectivity index is 2.82. The van der Waals surface area contributed by atoms with Crippen molar-refractivity contribution in [3.05, 3.63) is 0 Å². The fraction of sp³-hybridized carbons (Fsp3) is 0.667. The van der Waals surface area contributed by atoms with Gasteiger partial charge >= 0.3 is 0 Å². The highest BCUT2D eigenvalue weighted by atomic mass is 32.2. The van der Waals surface area contributed by atoms with E-state index in [1.165, 1.54) is 11.8 Å². The Morgan fingerprint density at radius 1 is 1.86 bits per heavy atom. The van der Waals surface area contributed by atoms with E-state index < -0.39 is 0 Å². The molecule has 0 aliphatic carbocycles. The monoisotopic (exact) mass is 136 g/mol. The van der Waals surface area contributed by atoms with Crippen molar-refractivity contribution in [3.63, 3.8) is 0 Å². The number of thioether (sulfide) groups is 2. The smallest absolute Gasteiger partial charge is 0.151 e. The molecule has 0 aromatic heterocycles. The average molecular weight is 136 g/mol. The van der Waals surface area contributed by atoms with Gasteiger partial charge in [-0.2, -0.15) is 11.8 Å². The lowest BCUT2D eigenvalue weighted by atomic mass is 11.4. The summed E-state index contributed by atoms with van der Waals surface area (Å²) in [4.78, 5) is 0. The van der Waals surface area contributed by atoms with Crippen molar-refractivity contribution in [2.45, 2.75) is 0 Å². The van der Waals surface area contributed by atoms with E-state index >= 15 is 0 Å². The van der Waals surface area contributed by atoms with Gasteiger partial charge in [-0.3, -0.25) is 5.41 Å². The standard InChI is InChI=1S/C3H8N2S2/c1-6-2-7-3(4)5/h2H2,1H3,(H3,4,5). The Kier molecular flexibility index (Phi) is 4.44. The molecule has 0 aromatic rings. The molecule has 0 radical (unpaired) electrons. The van der Waals surface area contributed by atoms with Crippen molar-refractivity contribution < 1.29 is 0 Å². The van der Waals surface area contributed by atoms with Crippen molar-refractivity contribution >= 4 is 28.7 Å². The topological polar surface area (TPSA) is 49.9 Å². The third-order valence-corrected chi connectivity index (χ3v) is 2.06. The maximum absolute atomic E-state index is 6.73. The minimum absolute atomic E-state index is 0.203. The summed E-state index contributed by atoms with van der Waals surface area (Å²) in [7, 11) is 0. The SMILES string of the molecule is CSCSC(=N)N. The van der Waals surface area contributed by atoms with Gasteiger partial charge in [-0.05, 0) is 6.26 Å². The van der Waals surface area contributed by atoms with E-state index in [0.717, 1.165) is 5.08 Å². The minimum atomic E-state index is 0.203. The molecular formula is C3H8N2S2. The predicted octanol–water partition coefficient (Wildman–Crippen LogP) is 0.934. The summed E-state index contributed by atoms with van der Waals surface area (Å²) in [6.45, 7) is 0. The maximum atomic E-state index is 6.73. The molecule has 0 amide bonds. The molecular weight excluding hydrogens is 128 g/mol. The van der Waals surface area contributed by atoms with Gasteiger partial charge in [0.2, 0.25) is 0 Å². The quantitative estimate of drug-likeness (QED) is 0.337. The van der Waals surface area contributed by atoms with E-state index in [2.05, 4.69) is 0 Å².